The predicted octanol–water partition coefficient (Wildman–Crippen LogP) is 2.43. The molecule has 2 atom stereocenters. The third-order valence-electron chi connectivity index (χ3n) is 5.86. The molecule has 3 aliphatic rings. The van der Waals surface area contributed by atoms with E-state index in [2.05, 4.69) is 29.2 Å². The van der Waals surface area contributed by atoms with Crippen molar-refractivity contribution in [1.82, 2.24) is 9.80 Å². The van der Waals surface area contributed by atoms with Crippen molar-refractivity contribution in [3.05, 3.63) is 35.4 Å². The van der Waals surface area contributed by atoms with Gasteiger partial charge in [-0.1, -0.05) is 24.3 Å². The molecule has 0 saturated carbocycles. The number of rotatable bonds is 3. The summed E-state index contributed by atoms with van der Waals surface area (Å²) in [5, 5.41) is 0. The highest BCUT2D eigenvalue weighted by Gasteiger charge is 2.31. The fraction of sp³-hybridized carbons (Fsp3) is 0.650. The van der Waals surface area contributed by atoms with Crippen LogP contribution < -0.4 is 0 Å². The average Bonchev–Trinajstić information content (AvgIpc) is 3.17. The second kappa shape index (κ2) is 7.24. The number of ether oxygens (including phenoxy) is 1. The summed E-state index contributed by atoms with van der Waals surface area (Å²) in [5.74, 6) is 0.880. The van der Waals surface area contributed by atoms with Gasteiger partial charge in [0.2, 0.25) is 0 Å². The summed E-state index contributed by atoms with van der Waals surface area (Å²) in [6.45, 7) is 5.59. The Morgan fingerprint density at radius 1 is 1.08 bits per heavy atom. The number of fused-ring (bicyclic) bond motifs is 1. The molecule has 2 aliphatic heterocycles. The van der Waals surface area contributed by atoms with Crippen LogP contribution in [0.2, 0.25) is 0 Å². The Morgan fingerprint density at radius 3 is 2.71 bits per heavy atom. The Hall–Kier alpha value is -1.39. The van der Waals surface area contributed by atoms with Crippen molar-refractivity contribution in [3.63, 3.8) is 0 Å². The number of aryl methyl sites for hydroxylation is 1. The summed E-state index contributed by atoms with van der Waals surface area (Å²) < 4.78 is 5.55. The first-order valence-electron chi connectivity index (χ1n) is 9.52. The van der Waals surface area contributed by atoms with Crippen LogP contribution >= 0.6 is 0 Å². The van der Waals surface area contributed by atoms with Gasteiger partial charge in [0.05, 0.1) is 0 Å². The highest BCUT2D eigenvalue weighted by molar-refractivity contribution is 5.81. The van der Waals surface area contributed by atoms with Gasteiger partial charge in [-0.05, 0) is 49.1 Å². The third kappa shape index (κ3) is 3.35. The maximum Gasteiger partial charge on any atom is 0.251 e. The monoisotopic (exact) mass is 328 g/mol. The summed E-state index contributed by atoms with van der Waals surface area (Å²) in [6.07, 6.45) is 5.60. The van der Waals surface area contributed by atoms with Gasteiger partial charge in [-0.15, -0.1) is 0 Å². The summed E-state index contributed by atoms with van der Waals surface area (Å²) in [5.41, 5.74) is 3.10. The zero-order valence-electron chi connectivity index (χ0n) is 14.5. The SMILES string of the molecule is O=C([C@H]1CCCO1)N1CCN(C[C@@H]2CCCc3ccccc32)CC1. The quantitative estimate of drug-likeness (QED) is 0.854. The first-order chi connectivity index (χ1) is 11.8. The largest absolute Gasteiger partial charge is 0.368 e. The molecule has 1 aromatic rings. The van der Waals surface area contributed by atoms with Crippen LogP contribution in [-0.4, -0.2) is 61.1 Å². The lowest BCUT2D eigenvalue weighted by atomic mass is 9.82. The van der Waals surface area contributed by atoms with Gasteiger partial charge < -0.3 is 9.64 Å². The van der Waals surface area contributed by atoms with E-state index in [9.17, 15) is 4.79 Å². The molecule has 0 N–H and O–H groups in total. The van der Waals surface area contributed by atoms with Crippen molar-refractivity contribution in [3.8, 4) is 0 Å². The van der Waals surface area contributed by atoms with Crippen molar-refractivity contribution in [1.29, 1.82) is 0 Å². The van der Waals surface area contributed by atoms with Gasteiger partial charge in [0, 0.05) is 39.3 Å². The maximum atomic E-state index is 12.4. The van der Waals surface area contributed by atoms with Gasteiger partial charge in [-0.25, -0.2) is 0 Å². The number of nitrogens with zero attached hydrogens (tertiary/aromatic N) is 2. The second-order valence-corrected chi connectivity index (χ2v) is 7.42. The fourth-order valence-electron chi connectivity index (χ4n) is 4.48. The van der Waals surface area contributed by atoms with Crippen molar-refractivity contribution in [2.75, 3.05) is 39.3 Å². The molecule has 2 heterocycles. The fourth-order valence-corrected chi connectivity index (χ4v) is 4.48. The molecule has 0 bridgehead atoms. The molecule has 0 radical (unpaired) electrons. The van der Waals surface area contributed by atoms with Gasteiger partial charge in [0.25, 0.3) is 5.91 Å². The number of carbonyl (C=O) groups excluding carboxylic acids is 1. The molecule has 1 amide bonds. The molecule has 0 aromatic heterocycles. The molecule has 130 valence electrons. The first-order valence-corrected chi connectivity index (χ1v) is 9.52. The summed E-state index contributed by atoms with van der Waals surface area (Å²) in [7, 11) is 0. The van der Waals surface area contributed by atoms with E-state index >= 15 is 0 Å². The molecule has 4 rings (SSSR count). The van der Waals surface area contributed by atoms with Crippen molar-refractivity contribution >= 4 is 5.91 Å². The van der Waals surface area contributed by atoms with Gasteiger partial charge in [-0.3, -0.25) is 9.69 Å². The van der Waals surface area contributed by atoms with E-state index in [1.165, 1.54) is 19.3 Å². The highest BCUT2D eigenvalue weighted by Crippen LogP contribution is 2.32. The van der Waals surface area contributed by atoms with Crippen LogP contribution in [0.4, 0.5) is 0 Å². The van der Waals surface area contributed by atoms with Crippen LogP contribution in [0.15, 0.2) is 24.3 Å². The van der Waals surface area contributed by atoms with E-state index in [0.29, 0.717) is 5.92 Å². The molecule has 0 unspecified atom stereocenters. The van der Waals surface area contributed by atoms with Crippen LogP contribution in [0.1, 0.15) is 42.7 Å². The molecule has 4 nitrogen and oxygen atoms in total. The molecule has 4 heteroatoms. The zero-order valence-corrected chi connectivity index (χ0v) is 14.5. The maximum absolute atomic E-state index is 12.4. The minimum absolute atomic E-state index is 0.165. The predicted molar refractivity (Wildman–Crippen MR) is 94.1 cm³/mol. The number of benzene rings is 1. The van der Waals surface area contributed by atoms with Crippen LogP contribution in [0.5, 0.6) is 0 Å². The van der Waals surface area contributed by atoms with Crippen molar-refractivity contribution < 1.29 is 9.53 Å². The molecule has 1 aliphatic carbocycles. The van der Waals surface area contributed by atoms with Crippen LogP contribution in [0.3, 0.4) is 0 Å². The average molecular weight is 328 g/mol. The van der Waals surface area contributed by atoms with Gasteiger partial charge in [-0.2, -0.15) is 0 Å². The minimum atomic E-state index is -0.165. The molecule has 24 heavy (non-hydrogen) atoms. The first kappa shape index (κ1) is 16.1. The molecule has 0 spiro atoms. The number of amides is 1. The number of hydrogen-bond donors (Lipinski definition) is 0. The Balaban J connectivity index is 1.31. The van der Waals surface area contributed by atoms with Crippen molar-refractivity contribution in [2.24, 2.45) is 0 Å². The molecular formula is C20H28N2O2. The summed E-state index contributed by atoms with van der Waals surface area (Å²) >= 11 is 0. The third-order valence-corrected chi connectivity index (χ3v) is 5.86. The smallest absolute Gasteiger partial charge is 0.251 e. The Kier molecular flexibility index (Phi) is 4.86. The summed E-state index contributed by atoms with van der Waals surface area (Å²) in [4.78, 5) is 17.0. The van der Waals surface area contributed by atoms with Crippen LogP contribution in [0.25, 0.3) is 0 Å². The van der Waals surface area contributed by atoms with E-state index in [0.717, 1.165) is 52.2 Å². The van der Waals surface area contributed by atoms with E-state index in [4.69, 9.17) is 4.74 Å². The minimum Gasteiger partial charge on any atom is -0.368 e. The van der Waals surface area contributed by atoms with Crippen LogP contribution in [0, 0.1) is 0 Å². The Morgan fingerprint density at radius 2 is 1.92 bits per heavy atom. The number of carbonyl (C=O) groups is 1. The molecule has 2 fully saturated rings. The van der Waals surface area contributed by atoms with E-state index in [-0.39, 0.29) is 12.0 Å². The Bertz CT molecular complexity index is 575. The van der Waals surface area contributed by atoms with Gasteiger partial charge in [0.15, 0.2) is 0 Å². The summed E-state index contributed by atoms with van der Waals surface area (Å²) in [6, 6.07) is 8.95. The highest BCUT2D eigenvalue weighted by atomic mass is 16.5. The lowest BCUT2D eigenvalue weighted by Gasteiger charge is -2.38. The molecule has 2 saturated heterocycles. The number of hydrogen-bond acceptors (Lipinski definition) is 3. The number of piperazine rings is 1. The second-order valence-electron chi connectivity index (χ2n) is 7.42. The molecular weight excluding hydrogens is 300 g/mol. The normalized spacial score (nSPS) is 27.9. The zero-order chi connectivity index (χ0) is 16.4. The Labute approximate surface area is 144 Å². The van der Waals surface area contributed by atoms with Gasteiger partial charge >= 0.3 is 0 Å². The van der Waals surface area contributed by atoms with Crippen LogP contribution in [-0.2, 0) is 16.0 Å². The van der Waals surface area contributed by atoms with E-state index < -0.39 is 0 Å². The lowest BCUT2D eigenvalue weighted by Crippen LogP contribution is -2.52. The van der Waals surface area contributed by atoms with E-state index in [1.54, 1.807) is 11.1 Å². The van der Waals surface area contributed by atoms with Gasteiger partial charge in [0.1, 0.15) is 6.10 Å². The lowest BCUT2D eigenvalue weighted by molar-refractivity contribution is -0.142. The standard InChI is InChI=1S/C20H28N2O2/c23-20(19-9-4-14-24-19)22-12-10-21(11-13-22)15-17-7-3-6-16-5-1-2-8-18(16)17/h1-2,5,8,17,19H,3-4,6-7,9-15H2/t17-,19+/m0/s1. The van der Waals surface area contributed by atoms with E-state index in [1.807, 2.05) is 4.90 Å². The topological polar surface area (TPSA) is 32.8 Å². The van der Waals surface area contributed by atoms with Crippen molar-refractivity contribution in [2.45, 2.75) is 44.1 Å². The molecule has 1 aromatic carbocycles.